The Morgan fingerprint density at radius 3 is 1.78 bits per heavy atom. The molecule has 0 aliphatic carbocycles. The summed E-state index contributed by atoms with van der Waals surface area (Å²) in [6, 6.07) is 0. The highest BCUT2D eigenvalue weighted by Gasteiger charge is 2.14. The van der Waals surface area contributed by atoms with Crippen molar-refractivity contribution in [2.24, 2.45) is 5.92 Å². The summed E-state index contributed by atoms with van der Waals surface area (Å²) >= 11 is 0. The second-order valence-electron chi connectivity index (χ2n) is 4.07. The molecule has 2 N–H and O–H groups in total. The van der Waals surface area contributed by atoms with Crippen LogP contribution in [0.1, 0.15) is 6.42 Å². The van der Waals surface area contributed by atoms with Gasteiger partial charge in [0.15, 0.2) is 0 Å². The van der Waals surface area contributed by atoms with E-state index in [1.807, 2.05) is 0 Å². The van der Waals surface area contributed by atoms with Gasteiger partial charge in [0.2, 0.25) is 0 Å². The molecule has 110 valence electrons. The van der Waals surface area contributed by atoms with Gasteiger partial charge in [-0.2, -0.15) is 0 Å². The molecular weight excluding hydrogens is 240 g/mol. The molecule has 0 bridgehead atoms. The lowest BCUT2D eigenvalue weighted by Gasteiger charge is -2.19. The molecule has 0 rings (SSSR count). The van der Waals surface area contributed by atoms with Gasteiger partial charge in [0.25, 0.3) is 0 Å². The van der Waals surface area contributed by atoms with Crippen LogP contribution in [-0.4, -0.2) is 76.8 Å². The zero-order chi connectivity index (χ0) is 13.6. The van der Waals surface area contributed by atoms with Crippen LogP contribution in [0, 0.1) is 5.92 Å². The van der Waals surface area contributed by atoms with E-state index in [1.165, 1.54) is 0 Å². The van der Waals surface area contributed by atoms with Crippen LogP contribution in [0.4, 0.5) is 0 Å². The molecule has 0 aliphatic heterocycles. The molecule has 0 aromatic rings. The van der Waals surface area contributed by atoms with Gasteiger partial charge in [-0.15, -0.1) is 0 Å². The maximum Gasteiger partial charge on any atom is 0.0775 e. The zero-order valence-corrected chi connectivity index (χ0v) is 11.3. The van der Waals surface area contributed by atoms with E-state index in [0.29, 0.717) is 46.1 Å². The number of rotatable bonds is 13. The van der Waals surface area contributed by atoms with E-state index >= 15 is 0 Å². The standard InChI is InChI=1S/C12H26O6/c1-15-3-5-17-9-11(7-12(14)8-13)10-18-6-4-16-2/h11-14H,3-10H2,1-2H3. The summed E-state index contributed by atoms with van der Waals surface area (Å²) in [6.07, 6.45) is -0.275. The number of methoxy groups -OCH3 is 2. The number of aliphatic hydroxyl groups is 2. The van der Waals surface area contributed by atoms with Crippen LogP contribution in [-0.2, 0) is 18.9 Å². The third-order valence-electron chi connectivity index (χ3n) is 2.39. The van der Waals surface area contributed by atoms with Crippen molar-refractivity contribution in [3.05, 3.63) is 0 Å². The van der Waals surface area contributed by atoms with Crippen molar-refractivity contribution < 1.29 is 29.2 Å². The summed E-state index contributed by atoms with van der Waals surface area (Å²) in [6.45, 7) is 2.83. The Balaban J connectivity index is 3.77. The fraction of sp³-hybridized carbons (Fsp3) is 1.00. The lowest BCUT2D eigenvalue weighted by atomic mass is 10.0. The zero-order valence-electron chi connectivity index (χ0n) is 11.3. The van der Waals surface area contributed by atoms with Gasteiger partial charge < -0.3 is 29.2 Å². The molecule has 6 nitrogen and oxygen atoms in total. The number of hydrogen-bond donors (Lipinski definition) is 2. The smallest absolute Gasteiger partial charge is 0.0775 e. The summed E-state index contributed by atoms with van der Waals surface area (Å²) in [7, 11) is 3.23. The Morgan fingerprint density at radius 1 is 0.889 bits per heavy atom. The fourth-order valence-corrected chi connectivity index (χ4v) is 1.43. The highest BCUT2D eigenvalue weighted by molar-refractivity contribution is 4.64. The molecule has 0 spiro atoms. The van der Waals surface area contributed by atoms with Gasteiger partial charge in [0.1, 0.15) is 0 Å². The van der Waals surface area contributed by atoms with Gasteiger partial charge in [-0.05, 0) is 6.42 Å². The molecule has 0 radical (unpaired) electrons. The Hall–Kier alpha value is -0.240. The summed E-state index contributed by atoms with van der Waals surface area (Å²) in [5, 5.41) is 18.3. The van der Waals surface area contributed by atoms with E-state index in [9.17, 15) is 5.11 Å². The van der Waals surface area contributed by atoms with E-state index < -0.39 is 6.10 Å². The van der Waals surface area contributed by atoms with Gasteiger partial charge in [0, 0.05) is 20.1 Å². The highest BCUT2D eigenvalue weighted by Crippen LogP contribution is 2.08. The lowest BCUT2D eigenvalue weighted by molar-refractivity contribution is -0.0145. The monoisotopic (exact) mass is 266 g/mol. The van der Waals surface area contributed by atoms with Gasteiger partial charge in [-0.1, -0.05) is 0 Å². The minimum Gasteiger partial charge on any atom is -0.394 e. The summed E-state index contributed by atoms with van der Waals surface area (Å²) < 4.78 is 20.6. The van der Waals surface area contributed by atoms with Gasteiger partial charge in [-0.3, -0.25) is 0 Å². The normalized spacial score (nSPS) is 13.2. The predicted octanol–water partition coefficient (Wildman–Crippen LogP) is -0.328. The van der Waals surface area contributed by atoms with Crippen LogP contribution in [0.15, 0.2) is 0 Å². The van der Waals surface area contributed by atoms with Crippen molar-refractivity contribution in [3.8, 4) is 0 Å². The maximum absolute atomic E-state index is 9.42. The third kappa shape index (κ3) is 10.9. The van der Waals surface area contributed by atoms with Crippen molar-refractivity contribution in [2.45, 2.75) is 12.5 Å². The molecule has 18 heavy (non-hydrogen) atoms. The van der Waals surface area contributed by atoms with Crippen LogP contribution in [0.2, 0.25) is 0 Å². The molecule has 1 unspecified atom stereocenters. The van der Waals surface area contributed by atoms with Crippen molar-refractivity contribution in [1.82, 2.24) is 0 Å². The first-order valence-corrected chi connectivity index (χ1v) is 6.16. The van der Waals surface area contributed by atoms with E-state index in [-0.39, 0.29) is 12.5 Å². The second kappa shape index (κ2) is 13.2. The molecule has 0 saturated carbocycles. The van der Waals surface area contributed by atoms with Crippen LogP contribution in [0.3, 0.4) is 0 Å². The summed E-state index contributed by atoms with van der Waals surface area (Å²) in [4.78, 5) is 0. The number of ether oxygens (including phenoxy) is 4. The number of hydrogen-bond acceptors (Lipinski definition) is 6. The van der Waals surface area contributed by atoms with Crippen molar-refractivity contribution in [1.29, 1.82) is 0 Å². The van der Waals surface area contributed by atoms with Crippen LogP contribution in [0.5, 0.6) is 0 Å². The molecule has 1 atom stereocenters. The third-order valence-corrected chi connectivity index (χ3v) is 2.39. The fourth-order valence-electron chi connectivity index (χ4n) is 1.43. The molecule has 0 heterocycles. The molecule has 6 heteroatoms. The Morgan fingerprint density at radius 2 is 1.39 bits per heavy atom. The first-order chi connectivity index (χ1) is 8.74. The minimum atomic E-state index is -0.730. The van der Waals surface area contributed by atoms with Crippen molar-refractivity contribution in [3.63, 3.8) is 0 Å². The summed E-state index contributed by atoms with van der Waals surface area (Å²) in [5.41, 5.74) is 0. The van der Waals surface area contributed by atoms with E-state index in [0.717, 1.165) is 0 Å². The van der Waals surface area contributed by atoms with Crippen molar-refractivity contribution >= 4 is 0 Å². The average molecular weight is 266 g/mol. The minimum absolute atomic E-state index is 0.0564. The predicted molar refractivity (Wildman–Crippen MR) is 66.6 cm³/mol. The molecule has 0 amide bonds. The van der Waals surface area contributed by atoms with Crippen molar-refractivity contribution in [2.75, 3.05) is 60.5 Å². The number of aliphatic hydroxyl groups excluding tert-OH is 2. The van der Waals surface area contributed by atoms with Gasteiger partial charge in [-0.25, -0.2) is 0 Å². The van der Waals surface area contributed by atoms with Crippen LogP contribution >= 0.6 is 0 Å². The van der Waals surface area contributed by atoms with E-state index in [1.54, 1.807) is 14.2 Å². The Bertz CT molecular complexity index is 155. The molecule has 0 aromatic heterocycles. The molecular formula is C12H26O6. The molecule has 0 aromatic carbocycles. The molecule has 0 aliphatic rings. The quantitative estimate of drug-likeness (QED) is 0.445. The maximum atomic E-state index is 9.42. The average Bonchev–Trinajstić information content (AvgIpc) is 2.39. The largest absolute Gasteiger partial charge is 0.394 e. The van der Waals surface area contributed by atoms with Gasteiger partial charge >= 0.3 is 0 Å². The van der Waals surface area contributed by atoms with Gasteiger partial charge in [0.05, 0.1) is 52.4 Å². The topological polar surface area (TPSA) is 77.4 Å². The lowest BCUT2D eigenvalue weighted by Crippen LogP contribution is -2.25. The molecule has 0 saturated heterocycles. The first kappa shape index (κ1) is 17.8. The van der Waals surface area contributed by atoms with E-state index in [2.05, 4.69) is 0 Å². The Labute approximate surface area is 109 Å². The van der Waals surface area contributed by atoms with Crippen LogP contribution < -0.4 is 0 Å². The highest BCUT2D eigenvalue weighted by atomic mass is 16.5. The van der Waals surface area contributed by atoms with Crippen LogP contribution in [0.25, 0.3) is 0 Å². The first-order valence-electron chi connectivity index (χ1n) is 6.16. The second-order valence-corrected chi connectivity index (χ2v) is 4.07. The summed E-state index contributed by atoms with van der Waals surface area (Å²) in [5.74, 6) is 0.0564. The Kier molecular flexibility index (Phi) is 13.0. The van der Waals surface area contributed by atoms with E-state index in [4.69, 9.17) is 24.1 Å². The SMILES string of the molecule is COCCOCC(COCCOC)CC(O)CO. The molecule has 0 fully saturated rings.